The van der Waals surface area contributed by atoms with E-state index < -0.39 is 0 Å². The summed E-state index contributed by atoms with van der Waals surface area (Å²) < 4.78 is 5.35. The number of ether oxygens (including phenoxy) is 1. The molecule has 1 aliphatic rings. The molecular weight excluding hydrogens is 372 g/mol. The van der Waals surface area contributed by atoms with Gasteiger partial charge in [-0.2, -0.15) is 0 Å². The third-order valence-electron chi connectivity index (χ3n) is 4.61. The first-order chi connectivity index (χ1) is 14.7. The van der Waals surface area contributed by atoms with E-state index in [0.29, 0.717) is 6.54 Å². The second-order valence-electron chi connectivity index (χ2n) is 6.44. The Morgan fingerprint density at radius 1 is 0.900 bits per heavy atom. The van der Waals surface area contributed by atoms with E-state index in [4.69, 9.17) is 4.74 Å². The fourth-order valence-corrected chi connectivity index (χ4v) is 3.23. The molecule has 1 amide bonds. The number of nitrogens with zero attached hydrogens (tertiary/aromatic N) is 1. The van der Waals surface area contributed by atoms with Crippen molar-refractivity contribution in [2.45, 2.75) is 34.6 Å². The molecule has 1 N–H and O–H groups in total. The van der Waals surface area contributed by atoms with Crippen LogP contribution in [-0.4, -0.2) is 50.7 Å². The molecule has 0 heterocycles. The first-order valence-electron chi connectivity index (χ1n) is 11.2. The smallest absolute Gasteiger partial charge is 0.244 e. The fourth-order valence-electron chi connectivity index (χ4n) is 3.23. The molecule has 0 spiro atoms. The SMILES string of the molecule is CC.CC.CCOCCN(C)CCNC(=O)C=C1c2ccccc2-c2ccccc21. The summed E-state index contributed by atoms with van der Waals surface area (Å²) in [5, 5.41) is 2.99. The van der Waals surface area contributed by atoms with Gasteiger partial charge in [0.1, 0.15) is 0 Å². The van der Waals surface area contributed by atoms with Crippen molar-refractivity contribution in [2.75, 3.05) is 39.9 Å². The lowest BCUT2D eigenvalue weighted by molar-refractivity contribution is -0.116. The highest BCUT2D eigenvalue weighted by Gasteiger charge is 2.22. The van der Waals surface area contributed by atoms with Crippen LogP contribution in [0.4, 0.5) is 0 Å². The number of likely N-dealkylation sites (N-methyl/N-ethyl adjacent to an activating group) is 1. The number of hydrogen-bond acceptors (Lipinski definition) is 3. The number of carbonyl (C=O) groups is 1. The highest BCUT2D eigenvalue weighted by atomic mass is 16.5. The zero-order chi connectivity index (χ0) is 22.4. The summed E-state index contributed by atoms with van der Waals surface area (Å²) in [6, 6.07) is 16.5. The third kappa shape index (κ3) is 7.12. The van der Waals surface area contributed by atoms with Gasteiger partial charge in [-0.25, -0.2) is 0 Å². The van der Waals surface area contributed by atoms with Gasteiger partial charge in [-0.1, -0.05) is 76.2 Å². The number of carbonyl (C=O) groups excluding carboxylic acids is 1. The fraction of sp³-hybridized carbons (Fsp3) is 0.423. The Morgan fingerprint density at radius 2 is 1.40 bits per heavy atom. The van der Waals surface area contributed by atoms with Crippen molar-refractivity contribution < 1.29 is 9.53 Å². The molecule has 0 fully saturated rings. The lowest BCUT2D eigenvalue weighted by atomic mass is 10.0. The molecule has 4 heteroatoms. The van der Waals surface area contributed by atoms with Crippen LogP contribution in [0, 0.1) is 0 Å². The van der Waals surface area contributed by atoms with E-state index in [-0.39, 0.29) is 5.91 Å². The van der Waals surface area contributed by atoms with Crippen LogP contribution in [0.15, 0.2) is 54.6 Å². The van der Waals surface area contributed by atoms with Crippen molar-refractivity contribution >= 4 is 11.5 Å². The highest BCUT2D eigenvalue weighted by molar-refractivity contribution is 6.08. The molecule has 2 aromatic carbocycles. The van der Waals surface area contributed by atoms with Gasteiger partial charge in [-0.15, -0.1) is 0 Å². The van der Waals surface area contributed by atoms with Gasteiger partial charge < -0.3 is 15.0 Å². The Labute approximate surface area is 182 Å². The predicted octanol–water partition coefficient (Wildman–Crippen LogP) is 5.24. The number of rotatable bonds is 8. The molecular formula is C26H38N2O2. The van der Waals surface area contributed by atoms with Crippen molar-refractivity contribution in [3.05, 3.63) is 65.7 Å². The monoisotopic (exact) mass is 410 g/mol. The average Bonchev–Trinajstić information content (AvgIpc) is 3.11. The molecule has 0 bridgehead atoms. The molecule has 2 aromatic rings. The van der Waals surface area contributed by atoms with Crippen molar-refractivity contribution in [3.63, 3.8) is 0 Å². The molecule has 0 aromatic heterocycles. The minimum absolute atomic E-state index is 0.0512. The number of nitrogens with one attached hydrogen (secondary N) is 1. The van der Waals surface area contributed by atoms with Crippen LogP contribution >= 0.6 is 0 Å². The van der Waals surface area contributed by atoms with Crippen LogP contribution in [0.2, 0.25) is 0 Å². The summed E-state index contributed by atoms with van der Waals surface area (Å²) in [5.41, 5.74) is 5.63. The lowest BCUT2D eigenvalue weighted by Crippen LogP contribution is -2.33. The molecule has 1 aliphatic carbocycles. The maximum absolute atomic E-state index is 12.4. The molecule has 3 rings (SSSR count). The first-order valence-corrected chi connectivity index (χ1v) is 11.2. The van der Waals surface area contributed by atoms with Crippen molar-refractivity contribution in [2.24, 2.45) is 0 Å². The number of amides is 1. The van der Waals surface area contributed by atoms with Crippen LogP contribution in [0.1, 0.15) is 45.7 Å². The molecule has 4 nitrogen and oxygen atoms in total. The zero-order valence-electron chi connectivity index (χ0n) is 19.5. The van der Waals surface area contributed by atoms with E-state index in [1.165, 1.54) is 11.1 Å². The van der Waals surface area contributed by atoms with E-state index >= 15 is 0 Å². The Morgan fingerprint density at radius 3 is 1.90 bits per heavy atom. The van der Waals surface area contributed by atoms with E-state index in [1.54, 1.807) is 6.08 Å². The lowest BCUT2D eigenvalue weighted by Gasteiger charge is -2.16. The van der Waals surface area contributed by atoms with Crippen LogP contribution < -0.4 is 5.32 Å². The van der Waals surface area contributed by atoms with Gasteiger partial charge >= 0.3 is 0 Å². The summed E-state index contributed by atoms with van der Waals surface area (Å²) in [6.07, 6.45) is 1.73. The standard InChI is InChI=1S/C22H26N2O2.2C2H6/c1-3-26-15-14-24(2)13-12-23-22(25)16-21-19-10-6-4-8-17(19)18-9-5-7-11-20(18)21;2*1-2/h4-11,16H,3,12-15H2,1-2H3,(H,23,25);2*1-2H3. The number of fused-ring (bicyclic) bond motifs is 3. The first kappa shape index (κ1) is 25.6. The minimum Gasteiger partial charge on any atom is -0.380 e. The largest absolute Gasteiger partial charge is 0.380 e. The van der Waals surface area contributed by atoms with Gasteiger partial charge in [-0.05, 0) is 41.8 Å². The summed E-state index contributed by atoms with van der Waals surface area (Å²) in [5.74, 6) is -0.0512. The Bertz CT molecular complexity index is 752. The van der Waals surface area contributed by atoms with Gasteiger partial charge in [0, 0.05) is 32.3 Å². The normalized spacial score (nSPS) is 10.8. The predicted molar refractivity (Wildman–Crippen MR) is 129 cm³/mol. The van der Waals surface area contributed by atoms with Crippen molar-refractivity contribution in [1.82, 2.24) is 10.2 Å². The number of benzene rings is 2. The molecule has 0 unspecified atom stereocenters. The quantitative estimate of drug-likeness (QED) is 0.408. The highest BCUT2D eigenvalue weighted by Crippen LogP contribution is 2.43. The maximum Gasteiger partial charge on any atom is 0.244 e. The maximum atomic E-state index is 12.4. The van der Waals surface area contributed by atoms with Gasteiger partial charge in [0.25, 0.3) is 0 Å². The third-order valence-corrected chi connectivity index (χ3v) is 4.61. The molecule has 164 valence electrons. The molecule has 0 saturated heterocycles. The Kier molecular flexibility index (Phi) is 12.4. The minimum atomic E-state index is -0.0512. The van der Waals surface area contributed by atoms with Gasteiger partial charge in [0.15, 0.2) is 0 Å². The Hall–Kier alpha value is -2.43. The van der Waals surface area contributed by atoms with Gasteiger partial charge in [-0.3, -0.25) is 4.79 Å². The average molecular weight is 411 g/mol. The van der Waals surface area contributed by atoms with Gasteiger partial charge in [0.2, 0.25) is 5.91 Å². The van der Waals surface area contributed by atoms with E-state index in [0.717, 1.165) is 43.0 Å². The van der Waals surface area contributed by atoms with E-state index in [9.17, 15) is 4.79 Å². The topological polar surface area (TPSA) is 41.6 Å². The molecule has 0 atom stereocenters. The second-order valence-corrected chi connectivity index (χ2v) is 6.44. The molecule has 0 aliphatic heterocycles. The molecule has 0 saturated carbocycles. The summed E-state index contributed by atoms with van der Waals surface area (Å²) in [7, 11) is 2.03. The van der Waals surface area contributed by atoms with Crippen LogP contribution in [0.5, 0.6) is 0 Å². The van der Waals surface area contributed by atoms with Crippen molar-refractivity contribution in [1.29, 1.82) is 0 Å². The second kappa shape index (κ2) is 14.5. The molecule has 0 radical (unpaired) electrons. The van der Waals surface area contributed by atoms with Crippen LogP contribution in [0.25, 0.3) is 16.7 Å². The van der Waals surface area contributed by atoms with Crippen LogP contribution in [-0.2, 0) is 9.53 Å². The Balaban J connectivity index is 0.00000106. The van der Waals surface area contributed by atoms with E-state index in [1.807, 2.05) is 65.9 Å². The zero-order valence-corrected chi connectivity index (χ0v) is 19.5. The summed E-state index contributed by atoms with van der Waals surface area (Å²) >= 11 is 0. The van der Waals surface area contributed by atoms with Gasteiger partial charge in [0.05, 0.1) is 6.61 Å². The summed E-state index contributed by atoms with van der Waals surface area (Å²) in [4.78, 5) is 14.6. The van der Waals surface area contributed by atoms with Crippen molar-refractivity contribution in [3.8, 4) is 11.1 Å². The van der Waals surface area contributed by atoms with E-state index in [2.05, 4.69) is 34.5 Å². The van der Waals surface area contributed by atoms with Crippen LogP contribution in [0.3, 0.4) is 0 Å². The number of hydrogen-bond donors (Lipinski definition) is 1. The summed E-state index contributed by atoms with van der Waals surface area (Å²) in [6.45, 7) is 13.7. The molecule has 30 heavy (non-hydrogen) atoms.